The molecule has 2 unspecified atom stereocenters. The number of carbonyl (C=O) groups is 1. The van der Waals surface area contributed by atoms with E-state index < -0.39 is 0 Å². The van der Waals surface area contributed by atoms with Crippen molar-refractivity contribution in [3.05, 3.63) is 53.5 Å². The predicted molar refractivity (Wildman–Crippen MR) is 90.3 cm³/mol. The van der Waals surface area contributed by atoms with Crippen LogP contribution < -0.4 is 10.6 Å². The van der Waals surface area contributed by atoms with Gasteiger partial charge in [0, 0.05) is 18.2 Å². The van der Waals surface area contributed by atoms with Crippen molar-refractivity contribution < 1.29 is 14.3 Å². The summed E-state index contributed by atoms with van der Waals surface area (Å²) in [6, 6.07) is 9.10. The first-order chi connectivity index (χ1) is 11.0. The summed E-state index contributed by atoms with van der Waals surface area (Å²) in [5, 5.41) is 15.6. The Morgan fingerprint density at radius 1 is 1.30 bits per heavy atom. The molecule has 0 aliphatic carbocycles. The zero-order valence-electron chi connectivity index (χ0n) is 13.8. The molecule has 5 heteroatoms. The second kappa shape index (κ2) is 7.94. The molecule has 124 valence electrons. The Morgan fingerprint density at radius 2 is 2.09 bits per heavy atom. The minimum absolute atomic E-state index is 0.0620. The minimum atomic E-state index is -0.311. The Morgan fingerprint density at radius 3 is 2.70 bits per heavy atom. The van der Waals surface area contributed by atoms with Crippen LogP contribution in [-0.2, 0) is 4.79 Å². The molecule has 0 fully saturated rings. The van der Waals surface area contributed by atoms with Crippen LogP contribution in [0.3, 0.4) is 0 Å². The highest BCUT2D eigenvalue weighted by molar-refractivity contribution is 5.91. The Bertz CT molecular complexity index is 638. The third kappa shape index (κ3) is 4.94. The fraction of sp³-hybridized carbons (Fsp3) is 0.389. The van der Waals surface area contributed by atoms with Crippen molar-refractivity contribution in [2.75, 3.05) is 11.9 Å². The maximum Gasteiger partial charge on any atom is 0.225 e. The normalized spacial score (nSPS) is 13.6. The van der Waals surface area contributed by atoms with Crippen molar-refractivity contribution in [2.45, 2.75) is 39.3 Å². The van der Waals surface area contributed by atoms with E-state index in [1.54, 1.807) is 18.4 Å². The predicted octanol–water partition coefficient (Wildman–Crippen LogP) is 2.94. The summed E-state index contributed by atoms with van der Waals surface area (Å²) in [5.74, 6) is 0.599. The van der Waals surface area contributed by atoms with E-state index in [0.717, 1.165) is 11.3 Å². The van der Waals surface area contributed by atoms with Gasteiger partial charge >= 0.3 is 0 Å². The molecule has 2 atom stereocenters. The number of benzene rings is 1. The number of aliphatic hydroxyl groups is 1. The molecule has 1 aromatic carbocycles. The van der Waals surface area contributed by atoms with Crippen molar-refractivity contribution in [3.8, 4) is 0 Å². The van der Waals surface area contributed by atoms with Crippen molar-refractivity contribution in [1.29, 1.82) is 0 Å². The average molecular weight is 316 g/mol. The molecule has 23 heavy (non-hydrogen) atoms. The van der Waals surface area contributed by atoms with Crippen molar-refractivity contribution in [3.63, 3.8) is 0 Å². The molecule has 0 aliphatic heterocycles. The van der Waals surface area contributed by atoms with E-state index in [9.17, 15) is 9.90 Å². The van der Waals surface area contributed by atoms with Crippen LogP contribution in [-0.4, -0.2) is 23.7 Å². The SMILES string of the molecule is Cc1ccc(NC(=O)CC(C)NC(CO)c2ccco2)c(C)c1. The Kier molecular flexibility index (Phi) is 5.96. The van der Waals surface area contributed by atoms with Gasteiger partial charge in [0.15, 0.2) is 0 Å². The minimum Gasteiger partial charge on any atom is -0.468 e. The molecule has 2 rings (SSSR count). The molecular formula is C18H24N2O3. The number of aliphatic hydroxyl groups excluding tert-OH is 1. The number of rotatable bonds is 7. The number of hydrogen-bond acceptors (Lipinski definition) is 4. The summed E-state index contributed by atoms with van der Waals surface area (Å²) in [6.45, 7) is 5.82. The van der Waals surface area contributed by atoms with Crippen LogP contribution in [0.4, 0.5) is 5.69 Å². The van der Waals surface area contributed by atoms with Gasteiger partial charge in [-0.3, -0.25) is 4.79 Å². The van der Waals surface area contributed by atoms with Crippen LogP contribution in [0.2, 0.25) is 0 Å². The van der Waals surface area contributed by atoms with Gasteiger partial charge in [0.1, 0.15) is 5.76 Å². The number of amides is 1. The van der Waals surface area contributed by atoms with Gasteiger partial charge in [-0.1, -0.05) is 17.7 Å². The summed E-state index contributed by atoms with van der Waals surface area (Å²) in [5.41, 5.74) is 3.04. The van der Waals surface area contributed by atoms with Crippen LogP contribution in [0.5, 0.6) is 0 Å². The largest absolute Gasteiger partial charge is 0.468 e. The quantitative estimate of drug-likeness (QED) is 0.734. The molecule has 1 amide bonds. The molecule has 0 saturated carbocycles. The molecule has 0 bridgehead atoms. The van der Waals surface area contributed by atoms with Crippen LogP contribution in [0, 0.1) is 13.8 Å². The molecule has 0 saturated heterocycles. The summed E-state index contributed by atoms with van der Waals surface area (Å²) in [7, 11) is 0. The topological polar surface area (TPSA) is 74.5 Å². The number of nitrogens with one attached hydrogen (secondary N) is 2. The average Bonchev–Trinajstić information content (AvgIpc) is 3.01. The Balaban J connectivity index is 1.89. The summed E-state index contributed by atoms with van der Waals surface area (Å²) >= 11 is 0. The number of aryl methyl sites for hydroxylation is 2. The second-order valence-corrected chi connectivity index (χ2v) is 5.89. The van der Waals surface area contributed by atoms with E-state index in [1.165, 1.54) is 5.56 Å². The monoisotopic (exact) mass is 316 g/mol. The first kappa shape index (κ1) is 17.2. The van der Waals surface area contributed by atoms with Gasteiger partial charge in [-0.05, 0) is 44.5 Å². The smallest absolute Gasteiger partial charge is 0.225 e. The maximum atomic E-state index is 12.2. The fourth-order valence-electron chi connectivity index (χ4n) is 2.55. The van der Waals surface area contributed by atoms with E-state index in [2.05, 4.69) is 10.6 Å². The van der Waals surface area contributed by atoms with Crippen LogP contribution >= 0.6 is 0 Å². The standard InChI is InChI=1S/C18H24N2O3/c1-12-6-7-15(13(2)9-12)20-18(22)10-14(3)19-16(11-21)17-5-4-8-23-17/h4-9,14,16,19,21H,10-11H2,1-3H3,(H,20,22). The van der Waals surface area contributed by atoms with Gasteiger partial charge in [-0.2, -0.15) is 0 Å². The molecule has 5 nitrogen and oxygen atoms in total. The summed E-state index contributed by atoms with van der Waals surface area (Å²) < 4.78 is 5.29. The molecule has 0 radical (unpaired) electrons. The number of anilines is 1. The lowest BCUT2D eigenvalue weighted by atomic mass is 10.1. The van der Waals surface area contributed by atoms with Crippen LogP contribution in [0.1, 0.15) is 36.3 Å². The third-order valence-corrected chi connectivity index (χ3v) is 3.70. The van der Waals surface area contributed by atoms with Crippen molar-refractivity contribution in [1.82, 2.24) is 5.32 Å². The lowest BCUT2D eigenvalue weighted by Gasteiger charge is -2.20. The molecule has 0 aliphatic rings. The van der Waals surface area contributed by atoms with Gasteiger partial charge in [0.2, 0.25) is 5.91 Å². The Labute approximate surface area is 136 Å². The molecule has 1 heterocycles. The first-order valence-electron chi connectivity index (χ1n) is 7.77. The van der Waals surface area contributed by atoms with Crippen molar-refractivity contribution >= 4 is 11.6 Å². The highest BCUT2D eigenvalue weighted by Gasteiger charge is 2.18. The van der Waals surface area contributed by atoms with E-state index in [4.69, 9.17) is 4.42 Å². The van der Waals surface area contributed by atoms with E-state index in [1.807, 2.05) is 39.0 Å². The zero-order valence-corrected chi connectivity index (χ0v) is 13.8. The number of carbonyl (C=O) groups excluding carboxylic acids is 1. The number of furan rings is 1. The molecule has 2 aromatic rings. The lowest BCUT2D eigenvalue weighted by molar-refractivity contribution is -0.116. The van der Waals surface area contributed by atoms with E-state index >= 15 is 0 Å². The van der Waals surface area contributed by atoms with Gasteiger partial charge in [0.25, 0.3) is 0 Å². The van der Waals surface area contributed by atoms with Crippen LogP contribution in [0.25, 0.3) is 0 Å². The third-order valence-electron chi connectivity index (χ3n) is 3.70. The molecule has 0 spiro atoms. The highest BCUT2D eigenvalue weighted by Crippen LogP contribution is 2.17. The molecule has 1 aromatic heterocycles. The van der Waals surface area contributed by atoms with Gasteiger partial charge < -0.3 is 20.2 Å². The zero-order chi connectivity index (χ0) is 16.8. The summed E-state index contributed by atoms with van der Waals surface area (Å²) in [6.07, 6.45) is 1.88. The Hall–Kier alpha value is -2.11. The second-order valence-electron chi connectivity index (χ2n) is 5.89. The molecule has 3 N–H and O–H groups in total. The first-order valence-corrected chi connectivity index (χ1v) is 7.77. The van der Waals surface area contributed by atoms with Gasteiger partial charge in [-0.25, -0.2) is 0 Å². The number of hydrogen-bond donors (Lipinski definition) is 3. The molecular weight excluding hydrogens is 292 g/mol. The van der Waals surface area contributed by atoms with E-state index in [-0.39, 0.29) is 24.6 Å². The van der Waals surface area contributed by atoms with E-state index in [0.29, 0.717) is 12.2 Å². The van der Waals surface area contributed by atoms with Crippen molar-refractivity contribution in [2.24, 2.45) is 0 Å². The van der Waals surface area contributed by atoms with Crippen LogP contribution in [0.15, 0.2) is 41.0 Å². The van der Waals surface area contributed by atoms with Gasteiger partial charge in [0.05, 0.1) is 18.9 Å². The highest BCUT2D eigenvalue weighted by atomic mass is 16.3. The summed E-state index contributed by atoms with van der Waals surface area (Å²) in [4.78, 5) is 12.2. The van der Waals surface area contributed by atoms with Gasteiger partial charge in [-0.15, -0.1) is 0 Å². The lowest BCUT2D eigenvalue weighted by Crippen LogP contribution is -2.35. The maximum absolute atomic E-state index is 12.2. The fourth-order valence-corrected chi connectivity index (χ4v) is 2.55.